The molecule has 112 valence electrons. The fourth-order valence-electron chi connectivity index (χ4n) is 2.53. The summed E-state index contributed by atoms with van der Waals surface area (Å²) in [6.45, 7) is 3.62. The maximum Gasteiger partial charge on any atom is 0.158 e. The molecule has 0 aliphatic heterocycles. The second kappa shape index (κ2) is 7.40. The molecule has 20 heavy (non-hydrogen) atoms. The van der Waals surface area contributed by atoms with E-state index in [1.165, 1.54) is 6.42 Å². The Balaban J connectivity index is 1.92. The minimum Gasteiger partial charge on any atom is -0.393 e. The zero-order valence-corrected chi connectivity index (χ0v) is 12.0. The van der Waals surface area contributed by atoms with E-state index < -0.39 is 0 Å². The Morgan fingerprint density at radius 2 is 2.20 bits per heavy atom. The van der Waals surface area contributed by atoms with Gasteiger partial charge in [0.15, 0.2) is 5.82 Å². The number of aliphatic hydroxyl groups is 1. The number of nitrogens with two attached hydrogens (primary N) is 1. The predicted molar refractivity (Wildman–Crippen MR) is 78.2 cm³/mol. The predicted octanol–water partition coefficient (Wildman–Crippen LogP) is 1.56. The Hall–Kier alpha value is -1.40. The molecular formula is C14H24N4O2. The number of aliphatic hydroxyl groups excluding tert-OH is 1. The minimum absolute atomic E-state index is 0.210. The lowest BCUT2D eigenvalue weighted by molar-refractivity contribution is 0.0763. The van der Waals surface area contributed by atoms with Crippen LogP contribution in [0.4, 0.5) is 11.6 Å². The van der Waals surface area contributed by atoms with E-state index >= 15 is 0 Å². The largest absolute Gasteiger partial charge is 0.393 e. The number of ether oxygens (including phenoxy) is 1. The lowest BCUT2D eigenvalue weighted by atomic mass is 9.86. The van der Waals surface area contributed by atoms with E-state index in [9.17, 15) is 5.11 Å². The molecule has 0 spiro atoms. The van der Waals surface area contributed by atoms with E-state index in [2.05, 4.69) is 15.3 Å². The molecule has 1 aliphatic rings. The average Bonchev–Trinajstić information content (AvgIpc) is 2.44. The number of nitrogens with zero attached hydrogens (tertiary/aromatic N) is 2. The molecule has 0 amide bonds. The van der Waals surface area contributed by atoms with E-state index in [1.807, 2.05) is 6.92 Å². The van der Waals surface area contributed by atoms with Gasteiger partial charge in [0.05, 0.1) is 6.10 Å². The summed E-state index contributed by atoms with van der Waals surface area (Å²) in [7, 11) is 0. The first-order chi connectivity index (χ1) is 9.69. The van der Waals surface area contributed by atoms with Crippen LogP contribution < -0.4 is 11.1 Å². The first-order valence-corrected chi connectivity index (χ1v) is 7.32. The van der Waals surface area contributed by atoms with Crippen molar-refractivity contribution in [2.75, 3.05) is 24.2 Å². The summed E-state index contributed by atoms with van der Waals surface area (Å²) in [5.74, 6) is 2.00. The van der Waals surface area contributed by atoms with Crippen LogP contribution in [0.1, 0.15) is 38.4 Å². The summed E-state index contributed by atoms with van der Waals surface area (Å²) in [4.78, 5) is 8.51. The Kier molecular flexibility index (Phi) is 5.55. The minimum atomic E-state index is -0.210. The summed E-state index contributed by atoms with van der Waals surface area (Å²) >= 11 is 0. The molecule has 0 saturated heterocycles. The molecule has 1 aromatic rings. The van der Waals surface area contributed by atoms with Crippen LogP contribution in [0, 0.1) is 5.92 Å². The molecule has 2 unspecified atom stereocenters. The van der Waals surface area contributed by atoms with Crippen molar-refractivity contribution in [3.8, 4) is 0 Å². The molecule has 6 heteroatoms. The van der Waals surface area contributed by atoms with Crippen LogP contribution in [0.15, 0.2) is 6.07 Å². The molecule has 4 N–H and O–H groups in total. The Morgan fingerprint density at radius 1 is 1.40 bits per heavy atom. The summed E-state index contributed by atoms with van der Waals surface area (Å²) in [5.41, 5.74) is 5.77. The van der Waals surface area contributed by atoms with Crippen LogP contribution in [0.5, 0.6) is 0 Å². The molecule has 2 rings (SSSR count). The number of aromatic nitrogens is 2. The average molecular weight is 280 g/mol. The van der Waals surface area contributed by atoms with Crippen LogP contribution >= 0.6 is 0 Å². The molecular weight excluding hydrogens is 256 g/mol. The highest BCUT2D eigenvalue weighted by Gasteiger charge is 2.22. The van der Waals surface area contributed by atoms with E-state index in [0.717, 1.165) is 19.3 Å². The van der Waals surface area contributed by atoms with Crippen molar-refractivity contribution in [3.63, 3.8) is 0 Å². The number of nitrogen functional groups attached to an aromatic ring is 1. The van der Waals surface area contributed by atoms with E-state index in [4.69, 9.17) is 10.5 Å². The van der Waals surface area contributed by atoms with Gasteiger partial charge in [-0.25, -0.2) is 9.97 Å². The molecule has 0 bridgehead atoms. The third kappa shape index (κ3) is 4.31. The van der Waals surface area contributed by atoms with E-state index in [1.54, 1.807) is 6.07 Å². The SMILES string of the molecule is CCOCc1nc(N)cc(NCC2CCCCC2O)n1. The molecule has 1 fully saturated rings. The van der Waals surface area contributed by atoms with Crippen molar-refractivity contribution in [3.05, 3.63) is 11.9 Å². The molecule has 1 heterocycles. The zero-order valence-electron chi connectivity index (χ0n) is 12.0. The van der Waals surface area contributed by atoms with Crippen molar-refractivity contribution < 1.29 is 9.84 Å². The van der Waals surface area contributed by atoms with E-state index in [0.29, 0.717) is 37.2 Å². The van der Waals surface area contributed by atoms with Gasteiger partial charge < -0.3 is 20.9 Å². The smallest absolute Gasteiger partial charge is 0.158 e. The molecule has 6 nitrogen and oxygen atoms in total. The van der Waals surface area contributed by atoms with Gasteiger partial charge in [-0.3, -0.25) is 0 Å². The van der Waals surface area contributed by atoms with Gasteiger partial charge in [0.1, 0.15) is 18.2 Å². The van der Waals surface area contributed by atoms with Crippen LogP contribution in [0.3, 0.4) is 0 Å². The van der Waals surface area contributed by atoms with Crippen molar-refractivity contribution in [2.24, 2.45) is 5.92 Å². The number of hydrogen-bond donors (Lipinski definition) is 3. The van der Waals surface area contributed by atoms with Gasteiger partial charge in [-0.05, 0) is 19.8 Å². The van der Waals surface area contributed by atoms with Crippen molar-refractivity contribution in [1.82, 2.24) is 9.97 Å². The van der Waals surface area contributed by atoms with Gasteiger partial charge in [-0.15, -0.1) is 0 Å². The van der Waals surface area contributed by atoms with Gasteiger partial charge in [0.25, 0.3) is 0 Å². The quantitative estimate of drug-likeness (QED) is 0.732. The van der Waals surface area contributed by atoms with Gasteiger partial charge in [-0.1, -0.05) is 12.8 Å². The van der Waals surface area contributed by atoms with Crippen LogP contribution in [-0.2, 0) is 11.3 Å². The number of nitrogens with one attached hydrogen (secondary N) is 1. The van der Waals surface area contributed by atoms with Gasteiger partial charge in [0.2, 0.25) is 0 Å². The van der Waals surface area contributed by atoms with Gasteiger partial charge in [-0.2, -0.15) is 0 Å². The lowest BCUT2D eigenvalue weighted by Gasteiger charge is -2.27. The normalized spacial score (nSPS) is 22.7. The number of hydrogen-bond acceptors (Lipinski definition) is 6. The molecule has 1 aliphatic carbocycles. The summed E-state index contributed by atoms with van der Waals surface area (Å²) < 4.78 is 5.29. The fraction of sp³-hybridized carbons (Fsp3) is 0.714. The fourth-order valence-corrected chi connectivity index (χ4v) is 2.53. The van der Waals surface area contributed by atoms with Crippen LogP contribution in [0.25, 0.3) is 0 Å². The van der Waals surface area contributed by atoms with Crippen molar-refractivity contribution >= 4 is 11.6 Å². The lowest BCUT2D eigenvalue weighted by Crippen LogP contribution is -2.30. The summed E-state index contributed by atoms with van der Waals surface area (Å²) in [5, 5.41) is 13.2. The highest BCUT2D eigenvalue weighted by atomic mass is 16.5. The molecule has 0 radical (unpaired) electrons. The number of anilines is 2. The monoisotopic (exact) mass is 280 g/mol. The maximum absolute atomic E-state index is 9.95. The molecule has 2 atom stereocenters. The number of rotatable bonds is 6. The highest BCUT2D eigenvalue weighted by Crippen LogP contribution is 2.24. The van der Waals surface area contributed by atoms with Gasteiger partial charge >= 0.3 is 0 Å². The first kappa shape index (κ1) is 15.0. The molecule has 0 aromatic carbocycles. The first-order valence-electron chi connectivity index (χ1n) is 7.32. The highest BCUT2D eigenvalue weighted by molar-refractivity contribution is 5.44. The zero-order chi connectivity index (χ0) is 14.4. The van der Waals surface area contributed by atoms with Crippen molar-refractivity contribution in [2.45, 2.75) is 45.3 Å². The molecule has 1 aromatic heterocycles. The maximum atomic E-state index is 9.95. The second-order valence-corrected chi connectivity index (χ2v) is 5.22. The Labute approximate surface area is 119 Å². The second-order valence-electron chi connectivity index (χ2n) is 5.22. The summed E-state index contributed by atoms with van der Waals surface area (Å²) in [6.07, 6.45) is 4.05. The Bertz CT molecular complexity index is 428. The van der Waals surface area contributed by atoms with Crippen LogP contribution in [-0.4, -0.2) is 34.3 Å². The Morgan fingerprint density at radius 3 is 2.95 bits per heavy atom. The topological polar surface area (TPSA) is 93.3 Å². The molecule has 1 saturated carbocycles. The standard InChI is InChI=1S/C14H24N4O2/c1-2-20-9-14-17-12(15)7-13(18-14)16-8-10-5-3-4-6-11(10)19/h7,10-11,19H,2-6,8-9H2,1H3,(H3,15,16,17,18). The third-order valence-electron chi connectivity index (χ3n) is 3.64. The van der Waals surface area contributed by atoms with Crippen LogP contribution in [0.2, 0.25) is 0 Å². The van der Waals surface area contributed by atoms with Crippen molar-refractivity contribution in [1.29, 1.82) is 0 Å². The third-order valence-corrected chi connectivity index (χ3v) is 3.64. The van der Waals surface area contributed by atoms with Gasteiger partial charge in [0, 0.05) is 25.1 Å². The van der Waals surface area contributed by atoms with E-state index in [-0.39, 0.29) is 12.0 Å². The summed E-state index contributed by atoms with van der Waals surface area (Å²) in [6, 6.07) is 1.71.